The van der Waals surface area contributed by atoms with E-state index in [9.17, 15) is 24.3 Å². The number of hydrogen-bond acceptors (Lipinski definition) is 7. The van der Waals surface area contributed by atoms with Crippen LogP contribution in [-0.4, -0.2) is 97.4 Å². The second kappa shape index (κ2) is 15.4. The Balaban J connectivity index is 1.66. The maximum atomic E-state index is 13.4. The Bertz CT molecular complexity index is 802. The molecule has 3 atom stereocenters. The lowest BCUT2D eigenvalue weighted by Gasteiger charge is -2.32. The van der Waals surface area contributed by atoms with Gasteiger partial charge in [-0.3, -0.25) is 14.4 Å². The van der Waals surface area contributed by atoms with E-state index >= 15 is 0 Å². The van der Waals surface area contributed by atoms with Crippen molar-refractivity contribution in [2.24, 2.45) is 5.92 Å². The van der Waals surface area contributed by atoms with E-state index in [1.54, 1.807) is 0 Å². The zero-order chi connectivity index (χ0) is 27.4. The van der Waals surface area contributed by atoms with Crippen LogP contribution in [0.1, 0.15) is 77.6 Å². The van der Waals surface area contributed by atoms with Gasteiger partial charge >= 0.3 is 5.97 Å². The molecule has 216 valence electrons. The lowest BCUT2D eigenvalue weighted by molar-refractivity contribution is -0.145. The Labute approximate surface area is 225 Å². The fraction of sp³-hybridized carbons (Fsp3) is 0.852. The normalized spacial score (nSPS) is 30.2. The number of nitrogens with zero attached hydrogens (tertiary/aromatic N) is 1. The third-order valence-corrected chi connectivity index (χ3v) is 7.90. The number of carboxylic acid groups (broad SMARTS) is 1. The molecule has 0 bridgehead atoms. The molecule has 2 saturated heterocycles. The molecular weight excluding hydrogens is 492 g/mol. The number of amides is 3. The molecule has 11 heteroatoms. The van der Waals surface area contributed by atoms with Crippen molar-refractivity contribution >= 4 is 23.7 Å². The number of ether oxygens (including phenoxy) is 2. The monoisotopic (exact) mass is 538 g/mol. The molecule has 0 spiro atoms. The number of carboxylic acids is 1. The summed E-state index contributed by atoms with van der Waals surface area (Å²) in [5, 5.41) is 18.2. The van der Waals surface area contributed by atoms with Gasteiger partial charge in [0, 0.05) is 19.8 Å². The van der Waals surface area contributed by atoms with E-state index in [0.717, 1.165) is 12.8 Å². The molecule has 0 radical (unpaired) electrons. The summed E-state index contributed by atoms with van der Waals surface area (Å²) in [7, 11) is 0. The first kappa shape index (κ1) is 30.3. The number of rotatable bonds is 4. The molecular formula is C27H46N4O7. The summed E-state index contributed by atoms with van der Waals surface area (Å²) >= 11 is 0. The van der Waals surface area contributed by atoms with Gasteiger partial charge in [0.25, 0.3) is 0 Å². The van der Waals surface area contributed by atoms with E-state index in [1.807, 2.05) is 6.92 Å². The van der Waals surface area contributed by atoms with Gasteiger partial charge in [0.15, 0.2) is 6.04 Å². The van der Waals surface area contributed by atoms with Crippen molar-refractivity contribution in [1.29, 1.82) is 0 Å². The van der Waals surface area contributed by atoms with Crippen LogP contribution in [-0.2, 0) is 28.7 Å². The number of aliphatic carboxylic acids is 1. The topological polar surface area (TPSA) is 146 Å². The van der Waals surface area contributed by atoms with Gasteiger partial charge in [0.2, 0.25) is 17.7 Å². The van der Waals surface area contributed by atoms with Crippen LogP contribution in [0.15, 0.2) is 0 Å². The van der Waals surface area contributed by atoms with Gasteiger partial charge < -0.3 is 35.4 Å². The summed E-state index contributed by atoms with van der Waals surface area (Å²) < 4.78 is 11.4. The number of fused-ring (bicyclic) bond motifs is 1. The largest absolute Gasteiger partial charge is 0.480 e. The summed E-state index contributed by atoms with van der Waals surface area (Å²) in [6.07, 6.45) is 10.9. The Hall–Kier alpha value is -2.24. The standard InChI is InChI=1S/C27H46N4O7/c1-27(29-16-20-10-5-3-2-4-6-11-20)19-38-15-8-7-14-37-18-21(25(34)35)30-24(33)22-12-9-13-31(22)23(32)17-28-26(27)36/h20-22,29H,2-19H2,1H3,(H,28,36)(H,30,33)(H,34,35)/t21-,22-,27+/m0/s1. The van der Waals surface area contributed by atoms with Gasteiger partial charge in [-0.15, -0.1) is 0 Å². The molecule has 0 unspecified atom stereocenters. The van der Waals surface area contributed by atoms with Crippen molar-refractivity contribution < 1.29 is 33.8 Å². The average molecular weight is 539 g/mol. The van der Waals surface area contributed by atoms with Crippen molar-refractivity contribution in [1.82, 2.24) is 20.9 Å². The predicted octanol–water partition coefficient (Wildman–Crippen LogP) is 1.20. The van der Waals surface area contributed by atoms with Gasteiger partial charge in [0.05, 0.1) is 19.8 Å². The number of nitrogens with one attached hydrogen (secondary N) is 3. The highest BCUT2D eigenvalue weighted by molar-refractivity contribution is 5.93. The van der Waals surface area contributed by atoms with Crippen molar-refractivity contribution in [3.8, 4) is 0 Å². The lowest BCUT2D eigenvalue weighted by Crippen LogP contribution is -2.60. The molecule has 2 heterocycles. The lowest BCUT2D eigenvalue weighted by atomic mass is 9.90. The molecule has 38 heavy (non-hydrogen) atoms. The zero-order valence-electron chi connectivity index (χ0n) is 22.8. The van der Waals surface area contributed by atoms with Crippen molar-refractivity contribution in [3.63, 3.8) is 0 Å². The third kappa shape index (κ3) is 9.20. The highest BCUT2D eigenvalue weighted by Gasteiger charge is 2.38. The second-order valence-corrected chi connectivity index (χ2v) is 11.1. The highest BCUT2D eigenvalue weighted by atomic mass is 16.5. The van der Waals surface area contributed by atoms with Gasteiger partial charge in [-0.1, -0.05) is 32.1 Å². The minimum absolute atomic E-state index is 0.151. The molecule has 3 amide bonds. The molecule has 3 rings (SSSR count). The van der Waals surface area contributed by atoms with E-state index in [2.05, 4.69) is 16.0 Å². The average Bonchev–Trinajstić information content (AvgIpc) is 3.37. The predicted molar refractivity (Wildman–Crippen MR) is 140 cm³/mol. The molecule has 1 aliphatic carbocycles. The molecule has 4 N–H and O–H groups in total. The van der Waals surface area contributed by atoms with Crippen molar-refractivity contribution in [2.75, 3.05) is 46.1 Å². The summed E-state index contributed by atoms with van der Waals surface area (Å²) in [6.45, 7) is 3.43. The Morgan fingerprint density at radius 1 is 1.00 bits per heavy atom. The molecule has 2 aliphatic heterocycles. The molecule has 11 nitrogen and oxygen atoms in total. The molecule has 0 aromatic carbocycles. The van der Waals surface area contributed by atoms with Crippen molar-refractivity contribution in [3.05, 3.63) is 0 Å². The molecule has 0 aromatic heterocycles. The third-order valence-electron chi connectivity index (χ3n) is 7.90. The summed E-state index contributed by atoms with van der Waals surface area (Å²) in [5.74, 6) is -1.88. The van der Waals surface area contributed by atoms with Gasteiger partial charge in [-0.05, 0) is 57.9 Å². The van der Waals surface area contributed by atoms with Gasteiger partial charge in [0.1, 0.15) is 11.6 Å². The van der Waals surface area contributed by atoms with E-state index in [4.69, 9.17) is 9.47 Å². The van der Waals surface area contributed by atoms with Crippen LogP contribution < -0.4 is 16.0 Å². The molecule has 0 aromatic rings. The maximum absolute atomic E-state index is 13.4. The van der Waals surface area contributed by atoms with Crippen LogP contribution >= 0.6 is 0 Å². The minimum atomic E-state index is -1.19. The van der Waals surface area contributed by atoms with E-state index in [0.29, 0.717) is 57.9 Å². The fourth-order valence-electron chi connectivity index (χ4n) is 5.43. The van der Waals surface area contributed by atoms with Crippen molar-refractivity contribution in [2.45, 2.75) is 95.2 Å². The summed E-state index contributed by atoms with van der Waals surface area (Å²) in [6, 6.07) is -1.97. The first-order valence-corrected chi connectivity index (χ1v) is 14.3. The Morgan fingerprint density at radius 3 is 2.39 bits per heavy atom. The highest BCUT2D eigenvalue weighted by Crippen LogP contribution is 2.23. The molecule has 1 saturated carbocycles. The van der Waals surface area contributed by atoms with Crippen LogP contribution in [0.25, 0.3) is 0 Å². The van der Waals surface area contributed by atoms with Gasteiger partial charge in [-0.25, -0.2) is 4.79 Å². The van der Waals surface area contributed by atoms with E-state index < -0.39 is 29.5 Å². The molecule has 3 aliphatic rings. The Kier molecular flexibility index (Phi) is 12.3. The molecule has 3 fully saturated rings. The van der Waals surface area contributed by atoms with Crippen LogP contribution in [0.4, 0.5) is 0 Å². The quantitative estimate of drug-likeness (QED) is 0.418. The van der Waals surface area contributed by atoms with Crippen LogP contribution in [0.5, 0.6) is 0 Å². The number of carbonyl (C=O) groups is 4. The second-order valence-electron chi connectivity index (χ2n) is 11.1. The summed E-state index contributed by atoms with van der Waals surface area (Å²) in [5.41, 5.74) is -0.999. The van der Waals surface area contributed by atoms with E-state index in [1.165, 1.54) is 37.0 Å². The van der Waals surface area contributed by atoms with Gasteiger partial charge in [-0.2, -0.15) is 0 Å². The smallest absolute Gasteiger partial charge is 0.328 e. The first-order chi connectivity index (χ1) is 18.3. The zero-order valence-corrected chi connectivity index (χ0v) is 22.8. The Morgan fingerprint density at radius 2 is 1.68 bits per heavy atom. The maximum Gasteiger partial charge on any atom is 0.328 e. The first-order valence-electron chi connectivity index (χ1n) is 14.3. The number of carbonyl (C=O) groups excluding carboxylic acids is 3. The van der Waals surface area contributed by atoms with Crippen LogP contribution in [0.2, 0.25) is 0 Å². The van der Waals surface area contributed by atoms with Crippen LogP contribution in [0.3, 0.4) is 0 Å². The van der Waals surface area contributed by atoms with Crippen LogP contribution in [0, 0.1) is 5.92 Å². The SMILES string of the molecule is C[C@@]1(NCC2CCCCCCC2)COCCCCOC[C@@H](C(=O)O)NC(=O)[C@@H]2CCCN2C(=O)CNC1=O. The minimum Gasteiger partial charge on any atom is -0.480 e. The summed E-state index contributed by atoms with van der Waals surface area (Å²) in [4.78, 5) is 52.3. The van der Waals surface area contributed by atoms with E-state index in [-0.39, 0.29) is 31.6 Å². The fourth-order valence-corrected chi connectivity index (χ4v) is 5.43. The number of hydrogen-bond donors (Lipinski definition) is 4.